The van der Waals surface area contributed by atoms with Gasteiger partial charge in [-0.2, -0.15) is 4.98 Å². The number of anilines is 1. The molecule has 0 radical (unpaired) electrons. The lowest BCUT2D eigenvalue weighted by Crippen LogP contribution is -2.48. The first kappa shape index (κ1) is 16.0. The molecule has 7 nitrogen and oxygen atoms in total. The standard InChI is InChI=1S/C17H19FN4O3/c1-17(6-7-24-9-17)21-16(23)19-13-5-4-11(18)8-12(13)15-20-14(22-25-15)10-2-3-10/h4-5,8,10H,2-3,6-7,9H2,1H3,(H2,19,21,23)/t17-/m1/s1. The molecule has 2 amide bonds. The fourth-order valence-corrected chi connectivity index (χ4v) is 2.85. The molecule has 1 aromatic heterocycles. The van der Waals surface area contributed by atoms with Crippen molar-refractivity contribution in [1.82, 2.24) is 15.5 Å². The summed E-state index contributed by atoms with van der Waals surface area (Å²) >= 11 is 0. The average Bonchev–Trinajstić information content (AvgIpc) is 3.15. The smallest absolute Gasteiger partial charge is 0.319 e. The van der Waals surface area contributed by atoms with Gasteiger partial charge >= 0.3 is 6.03 Å². The lowest BCUT2D eigenvalue weighted by Gasteiger charge is -2.23. The summed E-state index contributed by atoms with van der Waals surface area (Å²) in [4.78, 5) is 16.7. The Morgan fingerprint density at radius 2 is 2.24 bits per heavy atom. The second-order valence-corrected chi connectivity index (χ2v) is 6.86. The first-order valence-electron chi connectivity index (χ1n) is 8.33. The van der Waals surface area contributed by atoms with Crippen molar-refractivity contribution < 1.29 is 18.4 Å². The lowest BCUT2D eigenvalue weighted by atomic mass is 10.0. The van der Waals surface area contributed by atoms with E-state index in [1.165, 1.54) is 18.2 Å². The molecule has 4 rings (SSSR count). The van der Waals surface area contributed by atoms with Crippen LogP contribution in [0.3, 0.4) is 0 Å². The third-order valence-electron chi connectivity index (χ3n) is 4.48. The van der Waals surface area contributed by atoms with E-state index in [-0.39, 0.29) is 11.9 Å². The predicted octanol–water partition coefficient (Wildman–Crippen LogP) is 3.05. The maximum atomic E-state index is 13.7. The molecular weight excluding hydrogens is 327 g/mol. The van der Waals surface area contributed by atoms with Gasteiger partial charge < -0.3 is 19.9 Å². The monoisotopic (exact) mass is 346 g/mol. The van der Waals surface area contributed by atoms with Gasteiger partial charge in [-0.25, -0.2) is 9.18 Å². The molecule has 1 saturated carbocycles. The summed E-state index contributed by atoms with van der Waals surface area (Å²) in [5.41, 5.74) is 0.364. The summed E-state index contributed by atoms with van der Waals surface area (Å²) < 4.78 is 24.3. The maximum Gasteiger partial charge on any atom is 0.319 e. The highest BCUT2D eigenvalue weighted by Crippen LogP contribution is 2.39. The number of amides is 2. The summed E-state index contributed by atoms with van der Waals surface area (Å²) in [6, 6.07) is 3.65. The molecule has 2 fully saturated rings. The molecule has 1 aromatic carbocycles. The fraction of sp³-hybridized carbons (Fsp3) is 0.471. The Balaban J connectivity index is 1.55. The topological polar surface area (TPSA) is 89.3 Å². The minimum atomic E-state index is -0.441. The van der Waals surface area contributed by atoms with E-state index in [1.54, 1.807) is 0 Å². The minimum absolute atomic E-state index is 0.201. The molecule has 0 bridgehead atoms. The maximum absolute atomic E-state index is 13.7. The molecular formula is C17H19FN4O3. The number of hydrogen-bond acceptors (Lipinski definition) is 5. The van der Waals surface area contributed by atoms with E-state index >= 15 is 0 Å². The van der Waals surface area contributed by atoms with Crippen molar-refractivity contribution in [2.45, 2.75) is 37.6 Å². The Hall–Kier alpha value is -2.48. The van der Waals surface area contributed by atoms with E-state index in [0.29, 0.717) is 36.2 Å². The summed E-state index contributed by atoms with van der Waals surface area (Å²) in [6.45, 7) is 3.00. The van der Waals surface area contributed by atoms with Crippen LogP contribution < -0.4 is 10.6 Å². The molecule has 0 spiro atoms. The van der Waals surface area contributed by atoms with Crippen LogP contribution in [-0.2, 0) is 4.74 Å². The van der Waals surface area contributed by atoms with Gasteiger partial charge in [0.25, 0.3) is 5.89 Å². The average molecular weight is 346 g/mol. The SMILES string of the molecule is C[C@@]1(NC(=O)Nc2ccc(F)cc2-c2nc(C3CC3)no2)CCOC1. The largest absolute Gasteiger partial charge is 0.379 e. The lowest BCUT2D eigenvalue weighted by molar-refractivity contribution is 0.172. The third-order valence-corrected chi connectivity index (χ3v) is 4.48. The van der Waals surface area contributed by atoms with Gasteiger partial charge in [0.05, 0.1) is 23.4 Å². The van der Waals surface area contributed by atoms with Crippen molar-refractivity contribution in [2.24, 2.45) is 0 Å². The number of carbonyl (C=O) groups excluding carboxylic acids is 1. The summed E-state index contributed by atoms with van der Waals surface area (Å²) in [5, 5.41) is 9.58. The molecule has 2 aromatic rings. The van der Waals surface area contributed by atoms with Crippen molar-refractivity contribution in [1.29, 1.82) is 0 Å². The Morgan fingerprint density at radius 3 is 2.96 bits per heavy atom. The van der Waals surface area contributed by atoms with Gasteiger partial charge in [0.15, 0.2) is 5.82 Å². The van der Waals surface area contributed by atoms with Crippen LogP contribution in [0.15, 0.2) is 22.7 Å². The zero-order valence-corrected chi connectivity index (χ0v) is 13.8. The number of urea groups is 1. The van der Waals surface area contributed by atoms with E-state index in [1.807, 2.05) is 6.92 Å². The van der Waals surface area contributed by atoms with Crippen LogP contribution in [0.1, 0.15) is 37.9 Å². The molecule has 2 aliphatic rings. The van der Waals surface area contributed by atoms with Gasteiger partial charge in [0.1, 0.15) is 5.82 Å². The van der Waals surface area contributed by atoms with Crippen molar-refractivity contribution in [3.8, 4) is 11.5 Å². The van der Waals surface area contributed by atoms with Crippen molar-refractivity contribution in [3.63, 3.8) is 0 Å². The normalized spacial score (nSPS) is 22.8. The molecule has 8 heteroatoms. The highest BCUT2D eigenvalue weighted by atomic mass is 19.1. The predicted molar refractivity (Wildman–Crippen MR) is 87.7 cm³/mol. The van der Waals surface area contributed by atoms with Crippen LogP contribution in [0, 0.1) is 5.82 Å². The van der Waals surface area contributed by atoms with E-state index in [0.717, 1.165) is 19.3 Å². The van der Waals surface area contributed by atoms with Gasteiger partial charge in [-0.15, -0.1) is 0 Å². The van der Waals surface area contributed by atoms with Crippen LogP contribution in [0.25, 0.3) is 11.5 Å². The van der Waals surface area contributed by atoms with E-state index < -0.39 is 11.4 Å². The number of nitrogens with zero attached hydrogens (tertiary/aromatic N) is 2. The number of ether oxygens (including phenoxy) is 1. The quantitative estimate of drug-likeness (QED) is 0.888. The summed E-state index contributed by atoms with van der Waals surface area (Å²) in [5.74, 6) is 0.716. The third kappa shape index (κ3) is 3.48. The van der Waals surface area contributed by atoms with E-state index in [2.05, 4.69) is 20.8 Å². The van der Waals surface area contributed by atoms with Crippen LogP contribution >= 0.6 is 0 Å². The van der Waals surface area contributed by atoms with Gasteiger partial charge in [-0.1, -0.05) is 5.16 Å². The first-order chi connectivity index (χ1) is 12.0. The van der Waals surface area contributed by atoms with Crippen molar-refractivity contribution >= 4 is 11.7 Å². The zero-order valence-electron chi connectivity index (χ0n) is 13.8. The summed E-state index contributed by atoms with van der Waals surface area (Å²) in [6.07, 6.45) is 2.82. The molecule has 0 unspecified atom stereocenters. The van der Waals surface area contributed by atoms with Crippen molar-refractivity contribution in [3.05, 3.63) is 29.8 Å². The van der Waals surface area contributed by atoms with Gasteiger partial charge in [0, 0.05) is 12.5 Å². The Bertz CT molecular complexity index is 797. The molecule has 132 valence electrons. The Morgan fingerprint density at radius 1 is 1.40 bits per heavy atom. The van der Waals surface area contributed by atoms with Crippen molar-refractivity contribution in [2.75, 3.05) is 18.5 Å². The second-order valence-electron chi connectivity index (χ2n) is 6.86. The highest BCUT2D eigenvalue weighted by Gasteiger charge is 2.32. The number of halogens is 1. The van der Waals surface area contributed by atoms with Crippen LogP contribution in [0.4, 0.5) is 14.9 Å². The molecule has 25 heavy (non-hydrogen) atoms. The molecule has 1 aliphatic carbocycles. The van der Waals surface area contributed by atoms with Crippen LogP contribution in [0.5, 0.6) is 0 Å². The molecule has 1 aliphatic heterocycles. The number of rotatable bonds is 4. The number of hydrogen-bond donors (Lipinski definition) is 2. The number of nitrogens with one attached hydrogen (secondary N) is 2. The number of aromatic nitrogens is 2. The van der Waals surface area contributed by atoms with E-state index in [9.17, 15) is 9.18 Å². The number of benzene rings is 1. The zero-order chi connectivity index (χ0) is 17.4. The summed E-state index contributed by atoms with van der Waals surface area (Å²) in [7, 11) is 0. The molecule has 1 saturated heterocycles. The van der Waals surface area contributed by atoms with E-state index in [4.69, 9.17) is 9.26 Å². The minimum Gasteiger partial charge on any atom is -0.379 e. The second kappa shape index (κ2) is 6.11. The Kier molecular flexibility index (Phi) is 3.91. The van der Waals surface area contributed by atoms with Gasteiger partial charge in [-0.05, 0) is 44.4 Å². The molecule has 2 N–H and O–H groups in total. The van der Waals surface area contributed by atoms with Gasteiger partial charge in [0.2, 0.25) is 0 Å². The fourth-order valence-electron chi connectivity index (χ4n) is 2.85. The van der Waals surface area contributed by atoms with Gasteiger partial charge in [-0.3, -0.25) is 0 Å². The first-order valence-corrected chi connectivity index (χ1v) is 8.33. The number of carbonyl (C=O) groups is 1. The molecule has 1 atom stereocenters. The van der Waals surface area contributed by atoms with Crippen LogP contribution in [0.2, 0.25) is 0 Å². The van der Waals surface area contributed by atoms with Crippen LogP contribution in [-0.4, -0.2) is 34.9 Å². The molecule has 2 heterocycles. The highest BCUT2D eigenvalue weighted by molar-refractivity contribution is 5.93. The Labute approximate surface area is 143 Å².